The highest BCUT2D eigenvalue weighted by atomic mass is 16.5. The number of carbonyl (C=O) groups is 1. The van der Waals surface area contributed by atoms with Crippen LogP contribution in [0.1, 0.15) is 34.6 Å². The fourth-order valence-electron chi connectivity index (χ4n) is 2.61. The Morgan fingerprint density at radius 1 is 1.37 bits per heavy atom. The molecule has 4 heteroatoms. The van der Waals surface area contributed by atoms with E-state index in [9.17, 15) is 4.79 Å². The van der Waals surface area contributed by atoms with E-state index in [1.807, 2.05) is 13.8 Å². The van der Waals surface area contributed by atoms with Crippen LogP contribution >= 0.6 is 0 Å². The van der Waals surface area contributed by atoms with E-state index in [1.165, 1.54) is 0 Å². The summed E-state index contributed by atoms with van der Waals surface area (Å²) >= 11 is 0. The van der Waals surface area contributed by atoms with Crippen molar-refractivity contribution >= 4 is 5.97 Å². The lowest BCUT2D eigenvalue weighted by molar-refractivity contribution is -0.155. The van der Waals surface area contributed by atoms with Crippen molar-refractivity contribution in [2.24, 2.45) is 0 Å². The van der Waals surface area contributed by atoms with E-state index in [0.29, 0.717) is 6.61 Å². The highest BCUT2D eigenvalue weighted by Gasteiger charge is 2.38. The van der Waals surface area contributed by atoms with Gasteiger partial charge in [0.05, 0.1) is 6.61 Å². The third-order valence-corrected chi connectivity index (χ3v) is 3.38. The molecule has 1 aliphatic rings. The van der Waals surface area contributed by atoms with Crippen LogP contribution in [0.2, 0.25) is 0 Å². The minimum Gasteiger partial charge on any atom is -0.465 e. The number of hydrogen-bond acceptors (Lipinski definition) is 4. The van der Waals surface area contributed by atoms with Crippen molar-refractivity contribution in [3.05, 3.63) is 12.2 Å². The number of hydrogen-bond donors (Lipinski definition) is 0. The summed E-state index contributed by atoms with van der Waals surface area (Å²) in [5.41, 5.74) is 1.11. The molecule has 4 nitrogen and oxygen atoms in total. The molecule has 1 unspecified atom stereocenters. The fourth-order valence-corrected chi connectivity index (χ4v) is 2.61. The summed E-state index contributed by atoms with van der Waals surface area (Å²) in [6, 6.07) is -0.173. The van der Waals surface area contributed by atoms with Gasteiger partial charge in [-0.3, -0.25) is 14.6 Å². The zero-order chi connectivity index (χ0) is 14.6. The van der Waals surface area contributed by atoms with E-state index in [2.05, 4.69) is 37.1 Å². The molecular formula is C15H28N2O2. The van der Waals surface area contributed by atoms with Crippen LogP contribution < -0.4 is 0 Å². The standard InChI is InChI=1S/C15H28N2O2/c1-7-19-14(18)13-11-16(10-12(2)3)8-9-17(13)15(4,5)6/h13H,2,7-11H2,1,3-6H3. The first-order valence-corrected chi connectivity index (χ1v) is 7.05. The Labute approximate surface area is 117 Å². The van der Waals surface area contributed by atoms with Crippen LogP contribution in [0.5, 0.6) is 0 Å². The lowest BCUT2D eigenvalue weighted by atomic mass is 10.00. The molecule has 0 bridgehead atoms. The molecule has 1 heterocycles. The Morgan fingerprint density at radius 3 is 2.47 bits per heavy atom. The van der Waals surface area contributed by atoms with Gasteiger partial charge in [0.2, 0.25) is 0 Å². The van der Waals surface area contributed by atoms with E-state index in [4.69, 9.17) is 4.74 Å². The maximum Gasteiger partial charge on any atom is 0.324 e. The summed E-state index contributed by atoms with van der Waals surface area (Å²) < 4.78 is 5.23. The van der Waals surface area contributed by atoms with Gasteiger partial charge in [-0.15, -0.1) is 0 Å². The topological polar surface area (TPSA) is 32.8 Å². The molecule has 0 saturated carbocycles. The molecule has 0 radical (unpaired) electrons. The molecule has 0 aromatic rings. The normalized spacial score (nSPS) is 22.3. The molecule has 1 atom stereocenters. The first-order valence-electron chi connectivity index (χ1n) is 7.05. The van der Waals surface area contributed by atoms with Crippen molar-refractivity contribution in [3.8, 4) is 0 Å². The molecule has 0 aromatic heterocycles. The smallest absolute Gasteiger partial charge is 0.324 e. The Hall–Kier alpha value is -0.870. The molecule has 0 aromatic carbocycles. The van der Waals surface area contributed by atoms with Crippen LogP contribution in [0, 0.1) is 0 Å². The Balaban J connectivity index is 2.80. The third-order valence-electron chi connectivity index (χ3n) is 3.38. The second-order valence-corrected chi connectivity index (χ2v) is 6.32. The molecule has 0 aliphatic carbocycles. The van der Waals surface area contributed by atoms with Gasteiger partial charge in [0.15, 0.2) is 0 Å². The van der Waals surface area contributed by atoms with Crippen LogP contribution in [0.3, 0.4) is 0 Å². The summed E-state index contributed by atoms with van der Waals surface area (Å²) in [7, 11) is 0. The minimum atomic E-state index is -0.173. The van der Waals surface area contributed by atoms with Gasteiger partial charge in [0.25, 0.3) is 0 Å². The molecule has 1 saturated heterocycles. The number of ether oxygens (including phenoxy) is 1. The van der Waals surface area contributed by atoms with Gasteiger partial charge in [-0.1, -0.05) is 12.2 Å². The second-order valence-electron chi connectivity index (χ2n) is 6.32. The molecule has 1 aliphatic heterocycles. The van der Waals surface area contributed by atoms with E-state index in [-0.39, 0.29) is 17.6 Å². The van der Waals surface area contributed by atoms with Gasteiger partial charge < -0.3 is 4.74 Å². The highest BCUT2D eigenvalue weighted by Crippen LogP contribution is 2.22. The number of esters is 1. The van der Waals surface area contributed by atoms with Gasteiger partial charge in [-0.05, 0) is 34.6 Å². The van der Waals surface area contributed by atoms with Crippen molar-refractivity contribution in [1.82, 2.24) is 9.80 Å². The number of piperazine rings is 1. The van der Waals surface area contributed by atoms with E-state index >= 15 is 0 Å². The molecule has 110 valence electrons. The van der Waals surface area contributed by atoms with Crippen LogP contribution in [0.25, 0.3) is 0 Å². The average Bonchev–Trinajstić information content (AvgIpc) is 2.26. The number of rotatable bonds is 4. The largest absolute Gasteiger partial charge is 0.465 e. The second kappa shape index (κ2) is 6.53. The molecule has 0 N–H and O–H groups in total. The number of nitrogens with zero attached hydrogens (tertiary/aromatic N) is 2. The lowest BCUT2D eigenvalue weighted by Crippen LogP contribution is -2.62. The average molecular weight is 268 g/mol. The first kappa shape index (κ1) is 16.2. The van der Waals surface area contributed by atoms with Gasteiger partial charge in [-0.25, -0.2) is 0 Å². The summed E-state index contributed by atoms with van der Waals surface area (Å²) in [6.07, 6.45) is 0. The molecule has 0 spiro atoms. The van der Waals surface area contributed by atoms with Crippen LogP contribution in [-0.2, 0) is 9.53 Å². The van der Waals surface area contributed by atoms with Crippen molar-refractivity contribution in [2.75, 3.05) is 32.8 Å². The maximum atomic E-state index is 12.2. The lowest BCUT2D eigenvalue weighted by Gasteiger charge is -2.46. The zero-order valence-corrected chi connectivity index (χ0v) is 13.0. The highest BCUT2D eigenvalue weighted by molar-refractivity contribution is 5.76. The summed E-state index contributed by atoms with van der Waals surface area (Å²) in [5.74, 6) is -0.108. The minimum absolute atomic E-state index is 0.0211. The molecule has 0 amide bonds. The third kappa shape index (κ3) is 4.62. The van der Waals surface area contributed by atoms with Gasteiger partial charge in [0.1, 0.15) is 6.04 Å². The monoisotopic (exact) mass is 268 g/mol. The summed E-state index contributed by atoms with van der Waals surface area (Å²) in [6.45, 7) is 18.1. The van der Waals surface area contributed by atoms with E-state index < -0.39 is 0 Å². The molecule has 1 rings (SSSR count). The Bertz CT molecular complexity index is 334. The van der Waals surface area contributed by atoms with Crippen LogP contribution in [0.4, 0.5) is 0 Å². The van der Waals surface area contributed by atoms with Crippen LogP contribution in [0.15, 0.2) is 12.2 Å². The van der Waals surface area contributed by atoms with Gasteiger partial charge in [0, 0.05) is 31.7 Å². The van der Waals surface area contributed by atoms with Crippen molar-refractivity contribution in [2.45, 2.75) is 46.2 Å². The number of carbonyl (C=O) groups excluding carboxylic acids is 1. The van der Waals surface area contributed by atoms with Crippen LogP contribution in [-0.4, -0.2) is 60.1 Å². The Kier molecular flexibility index (Phi) is 5.56. The first-order chi connectivity index (χ1) is 8.75. The van der Waals surface area contributed by atoms with Gasteiger partial charge in [-0.2, -0.15) is 0 Å². The zero-order valence-electron chi connectivity index (χ0n) is 13.0. The quantitative estimate of drug-likeness (QED) is 0.576. The fraction of sp³-hybridized carbons (Fsp3) is 0.800. The van der Waals surface area contributed by atoms with Crippen molar-refractivity contribution < 1.29 is 9.53 Å². The molecule has 1 fully saturated rings. The van der Waals surface area contributed by atoms with Gasteiger partial charge >= 0.3 is 5.97 Å². The predicted octanol–water partition coefficient (Wildman–Crippen LogP) is 1.91. The van der Waals surface area contributed by atoms with Crippen molar-refractivity contribution in [1.29, 1.82) is 0 Å². The Morgan fingerprint density at radius 2 is 2.00 bits per heavy atom. The maximum absolute atomic E-state index is 12.2. The van der Waals surface area contributed by atoms with Crippen molar-refractivity contribution in [3.63, 3.8) is 0 Å². The summed E-state index contributed by atoms with van der Waals surface area (Å²) in [5, 5.41) is 0. The summed E-state index contributed by atoms with van der Waals surface area (Å²) in [4.78, 5) is 16.7. The van der Waals surface area contributed by atoms with E-state index in [1.54, 1.807) is 0 Å². The van der Waals surface area contributed by atoms with E-state index in [0.717, 1.165) is 31.8 Å². The predicted molar refractivity (Wildman–Crippen MR) is 78.1 cm³/mol. The molecular weight excluding hydrogens is 240 g/mol. The molecule has 19 heavy (non-hydrogen) atoms. The SMILES string of the molecule is C=C(C)CN1CCN(C(C)(C)C)C(C(=O)OCC)C1.